The second-order valence-corrected chi connectivity index (χ2v) is 9.88. The highest BCUT2D eigenvalue weighted by atomic mass is 32.2. The van der Waals surface area contributed by atoms with Gasteiger partial charge in [0.2, 0.25) is 5.91 Å². The average molecular weight is 477 g/mol. The predicted octanol–water partition coefficient (Wildman–Crippen LogP) is 1.32. The number of thioether (sulfide) groups is 1. The molecule has 1 saturated heterocycles. The molecule has 2 aliphatic rings. The number of ether oxygens (including phenoxy) is 2. The molecule has 1 fully saturated rings. The summed E-state index contributed by atoms with van der Waals surface area (Å²) >= 11 is 1.35. The summed E-state index contributed by atoms with van der Waals surface area (Å²) in [6.45, 7) is 5.86. The molecule has 2 aliphatic heterocycles. The van der Waals surface area contributed by atoms with E-state index in [1.807, 2.05) is 0 Å². The van der Waals surface area contributed by atoms with Gasteiger partial charge in [-0.3, -0.25) is 19.3 Å². The van der Waals surface area contributed by atoms with Crippen molar-refractivity contribution in [2.75, 3.05) is 19.0 Å². The zero-order chi connectivity index (χ0) is 24.3. The first-order valence-corrected chi connectivity index (χ1v) is 11.6. The van der Waals surface area contributed by atoms with E-state index in [0.717, 1.165) is 0 Å². The summed E-state index contributed by atoms with van der Waals surface area (Å²) in [6.07, 6.45) is 0. The Hall–Kier alpha value is -2.85. The van der Waals surface area contributed by atoms with Crippen molar-refractivity contribution < 1.29 is 33.8 Å². The summed E-state index contributed by atoms with van der Waals surface area (Å²) in [7, 11) is 0. The summed E-state index contributed by atoms with van der Waals surface area (Å²) in [4.78, 5) is 51.4. The lowest BCUT2D eigenvalue weighted by Gasteiger charge is -2.50. The summed E-state index contributed by atoms with van der Waals surface area (Å²) in [5.74, 6) is -2.63. The molecule has 9 nitrogen and oxygen atoms in total. The van der Waals surface area contributed by atoms with Crippen molar-refractivity contribution in [3.8, 4) is 0 Å². The number of nitrogens with one attached hydrogen (secondary N) is 1. The fraction of sp³-hybridized carbons (Fsp3) is 0.478. The molecule has 10 heteroatoms. The van der Waals surface area contributed by atoms with Gasteiger partial charge in [-0.2, -0.15) is 0 Å². The second-order valence-electron chi connectivity index (χ2n) is 8.78. The van der Waals surface area contributed by atoms with Crippen molar-refractivity contribution in [1.82, 2.24) is 10.2 Å². The molecule has 0 aliphatic carbocycles. The molecule has 2 N–H and O–H groups in total. The smallest absolute Gasteiger partial charge is 0.355 e. The molecule has 0 radical (unpaired) electrons. The van der Waals surface area contributed by atoms with Crippen LogP contribution in [0.2, 0.25) is 0 Å². The van der Waals surface area contributed by atoms with Crippen molar-refractivity contribution in [3.05, 3.63) is 47.2 Å². The van der Waals surface area contributed by atoms with E-state index in [0.29, 0.717) is 16.9 Å². The second kappa shape index (κ2) is 9.96. The van der Waals surface area contributed by atoms with Crippen molar-refractivity contribution in [2.24, 2.45) is 0 Å². The Morgan fingerprint density at radius 2 is 1.91 bits per heavy atom. The van der Waals surface area contributed by atoms with Crippen LogP contribution in [0.3, 0.4) is 0 Å². The van der Waals surface area contributed by atoms with Crippen LogP contribution in [0.4, 0.5) is 0 Å². The largest absolute Gasteiger partial charge is 0.461 e. The first-order chi connectivity index (χ1) is 15.5. The van der Waals surface area contributed by atoms with Crippen LogP contribution < -0.4 is 5.32 Å². The quantitative estimate of drug-likeness (QED) is 0.446. The molecule has 33 heavy (non-hydrogen) atoms. The van der Waals surface area contributed by atoms with E-state index in [1.165, 1.54) is 23.6 Å². The summed E-state index contributed by atoms with van der Waals surface area (Å²) in [5, 5.41) is 11.9. The van der Waals surface area contributed by atoms with E-state index in [-0.39, 0.29) is 12.3 Å². The van der Waals surface area contributed by atoms with Gasteiger partial charge in [-0.1, -0.05) is 30.3 Å². The Bertz CT molecular complexity index is 971. The van der Waals surface area contributed by atoms with Crippen LogP contribution in [-0.4, -0.2) is 69.7 Å². The van der Waals surface area contributed by atoms with Gasteiger partial charge in [0.1, 0.15) is 29.3 Å². The number of aliphatic hydroxyl groups is 1. The molecule has 1 aromatic carbocycles. The lowest BCUT2D eigenvalue weighted by molar-refractivity contribution is -0.159. The Morgan fingerprint density at radius 3 is 2.48 bits per heavy atom. The topological polar surface area (TPSA) is 122 Å². The number of hydrogen-bond donors (Lipinski definition) is 2. The molecule has 0 bridgehead atoms. The minimum Gasteiger partial charge on any atom is -0.461 e. The number of carbonyl (C=O) groups is 4. The van der Waals surface area contributed by atoms with Crippen molar-refractivity contribution in [2.45, 2.75) is 50.6 Å². The number of esters is 2. The molecule has 1 aromatic rings. The lowest BCUT2D eigenvalue weighted by Crippen LogP contribution is -2.71. The van der Waals surface area contributed by atoms with Crippen LogP contribution in [0.15, 0.2) is 41.6 Å². The third-order valence-corrected chi connectivity index (χ3v) is 6.43. The number of nitrogens with zero attached hydrogens (tertiary/aromatic N) is 1. The number of benzene rings is 1. The van der Waals surface area contributed by atoms with E-state index in [4.69, 9.17) is 9.47 Å². The lowest BCUT2D eigenvalue weighted by atomic mass is 9.97. The van der Waals surface area contributed by atoms with Gasteiger partial charge in [0.15, 0.2) is 0 Å². The summed E-state index contributed by atoms with van der Waals surface area (Å²) in [5.41, 5.74) is 0.362. The SMILES string of the molecule is CC(=O)OCC1=C(C(=O)OC(C)(C)C)N2C(=O)[C@H](NC(=O)C(CO)c3ccccc3)[C@@H]2SC1. The molecule has 178 valence electrons. The molecule has 0 aromatic heterocycles. The predicted molar refractivity (Wildman–Crippen MR) is 121 cm³/mol. The highest BCUT2D eigenvalue weighted by molar-refractivity contribution is 8.00. The number of carbonyl (C=O) groups excluding carboxylic acids is 4. The third-order valence-electron chi connectivity index (χ3n) is 5.09. The number of β-lactam (4-membered cyclic amide) rings is 1. The minimum absolute atomic E-state index is 0.0483. The number of aliphatic hydroxyl groups excluding tert-OH is 1. The van der Waals surface area contributed by atoms with Gasteiger partial charge in [0.25, 0.3) is 5.91 Å². The monoisotopic (exact) mass is 476 g/mol. The van der Waals surface area contributed by atoms with Gasteiger partial charge in [-0.15, -0.1) is 11.8 Å². The van der Waals surface area contributed by atoms with Gasteiger partial charge < -0.3 is 19.9 Å². The maximum Gasteiger partial charge on any atom is 0.355 e. The molecule has 2 amide bonds. The van der Waals surface area contributed by atoms with Gasteiger partial charge in [-0.05, 0) is 26.3 Å². The summed E-state index contributed by atoms with van der Waals surface area (Å²) < 4.78 is 10.6. The van der Waals surface area contributed by atoms with Gasteiger partial charge in [0, 0.05) is 18.2 Å². The molecule has 3 atom stereocenters. The Morgan fingerprint density at radius 1 is 1.24 bits per heavy atom. The number of rotatable bonds is 7. The highest BCUT2D eigenvalue weighted by Gasteiger charge is 2.55. The molecular weight excluding hydrogens is 448 g/mol. The van der Waals surface area contributed by atoms with Crippen LogP contribution in [0.5, 0.6) is 0 Å². The zero-order valence-corrected chi connectivity index (χ0v) is 19.8. The standard InChI is InChI=1S/C23H28N2O7S/c1-13(27)31-11-15-12-33-21-17(20(29)25(21)18(15)22(30)32-23(2,3)4)24-19(28)16(10-26)14-8-6-5-7-9-14/h5-9,16-17,21,26H,10-12H2,1-4H3,(H,24,28)/t16?,17-,21-/m0/s1. The molecule has 2 heterocycles. The Labute approximate surface area is 196 Å². The van der Waals surface area contributed by atoms with Gasteiger partial charge >= 0.3 is 11.9 Å². The average Bonchev–Trinajstić information content (AvgIpc) is 2.75. The molecular formula is C23H28N2O7S. The van der Waals surface area contributed by atoms with Gasteiger partial charge in [-0.25, -0.2) is 4.79 Å². The maximum absolute atomic E-state index is 13.0. The van der Waals surface area contributed by atoms with E-state index in [9.17, 15) is 24.3 Å². The molecule has 1 unspecified atom stereocenters. The fourth-order valence-corrected chi connectivity index (χ4v) is 4.90. The summed E-state index contributed by atoms with van der Waals surface area (Å²) in [6, 6.07) is 7.94. The zero-order valence-electron chi connectivity index (χ0n) is 19.0. The first-order valence-electron chi connectivity index (χ1n) is 10.5. The van der Waals surface area contributed by atoms with Crippen LogP contribution in [0, 0.1) is 0 Å². The Balaban J connectivity index is 1.80. The van der Waals surface area contributed by atoms with E-state index >= 15 is 0 Å². The van der Waals surface area contributed by atoms with Crippen LogP contribution >= 0.6 is 11.8 Å². The van der Waals surface area contributed by atoms with E-state index in [2.05, 4.69) is 5.32 Å². The molecule has 0 saturated carbocycles. The normalized spacial score (nSPS) is 21.0. The third kappa shape index (κ3) is 5.56. The number of fused-ring (bicyclic) bond motifs is 1. The fourth-order valence-electron chi connectivity index (χ4n) is 3.58. The Kier molecular flexibility index (Phi) is 7.48. The van der Waals surface area contributed by atoms with Gasteiger partial charge in [0.05, 0.1) is 12.5 Å². The minimum atomic E-state index is -0.854. The van der Waals surface area contributed by atoms with Crippen LogP contribution in [-0.2, 0) is 28.7 Å². The van der Waals surface area contributed by atoms with Crippen LogP contribution in [0.1, 0.15) is 39.2 Å². The van der Waals surface area contributed by atoms with E-state index < -0.39 is 53.3 Å². The number of hydrogen-bond acceptors (Lipinski definition) is 8. The first kappa shape index (κ1) is 24.8. The van der Waals surface area contributed by atoms with Crippen molar-refractivity contribution in [1.29, 1.82) is 0 Å². The van der Waals surface area contributed by atoms with Crippen molar-refractivity contribution in [3.63, 3.8) is 0 Å². The highest BCUT2D eigenvalue weighted by Crippen LogP contribution is 2.41. The van der Waals surface area contributed by atoms with E-state index in [1.54, 1.807) is 51.1 Å². The maximum atomic E-state index is 13.0. The molecule has 3 rings (SSSR count). The molecule has 0 spiro atoms. The van der Waals surface area contributed by atoms with Crippen molar-refractivity contribution >= 4 is 35.5 Å². The van der Waals surface area contributed by atoms with Crippen LogP contribution in [0.25, 0.3) is 0 Å². The number of amides is 2.